The van der Waals surface area contributed by atoms with Gasteiger partial charge in [0.1, 0.15) is 6.61 Å². The van der Waals surface area contributed by atoms with Gasteiger partial charge in [0, 0.05) is 0 Å². The van der Waals surface area contributed by atoms with Gasteiger partial charge in [-0.15, -0.1) is 0 Å². The fourth-order valence-electron chi connectivity index (χ4n) is 1.22. The van der Waals surface area contributed by atoms with E-state index in [1.54, 1.807) is 0 Å². The summed E-state index contributed by atoms with van der Waals surface area (Å²) in [6, 6.07) is -0.0625. The van der Waals surface area contributed by atoms with Crippen LogP contribution in [0.2, 0.25) is 0 Å². The van der Waals surface area contributed by atoms with Crippen molar-refractivity contribution in [3.63, 3.8) is 0 Å². The third-order valence-corrected chi connectivity index (χ3v) is 1.84. The number of cyclic esters (lactones) is 1. The van der Waals surface area contributed by atoms with Gasteiger partial charge in [-0.05, 0) is 6.42 Å². The Kier molecular flexibility index (Phi) is 2.27. The third-order valence-electron chi connectivity index (χ3n) is 1.84. The summed E-state index contributed by atoms with van der Waals surface area (Å²) >= 11 is 0. The zero-order valence-corrected chi connectivity index (χ0v) is 6.17. The zero-order chi connectivity index (χ0) is 7.56. The van der Waals surface area contributed by atoms with Crippen molar-refractivity contribution in [2.75, 3.05) is 6.61 Å². The van der Waals surface area contributed by atoms with Crippen molar-refractivity contribution in [2.24, 2.45) is 11.7 Å². The van der Waals surface area contributed by atoms with E-state index in [-0.39, 0.29) is 17.9 Å². The van der Waals surface area contributed by atoms with Gasteiger partial charge in [-0.25, -0.2) is 0 Å². The van der Waals surface area contributed by atoms with Crippen LogP contribution in [0.15, 0.2) is 0 Å². The molecule has 10 heavy (non-hydrogen) atoms. The van der Waals surface area contributed by atoms with E-state index in [2.05, 4.69) is 0 Å². The highest BCUT2D eigenvalue weighted by Gasteiger charge is 2.32. The van der Waals surface area contributed by atoms with Gasteiger partial charge in [-0.3, -0.25) is 4.79 Å². The molecule has 1 rings (SSSR count). The molecule has 3 heteroatoms. The molecule has 58 valence electrons. The van der Waals surface area contributed by atoms with Crippen LogP contribution in [-0.2, 0) is 9.53 Å². The first kappa shape index (κ1) is 7.54. The number of ether oxygens (including phenoxy) is 1. The highest BCUT2D eigenvalue weighted by Crippen LogP contribution is 2.18. The predicted octanol–water partition coefficient (Wildman–Crippen LogP) is 0.287. The Morgan fingerprint density at radius 2 is 2.50 bits per heavy atom. The van der Waals surface area contributed by atoms with E-state index in [9.17, 15) is 4.79 Å². The average molecular weight is 143 g/mol. The fraction of sp³-hybridized carbons (Fsp3) is 0.857. The van der Waals surface area contributed by atoms with Crippen molar-refractivity contribution in [1.82, 2.24) is 0 Å². The Hall–Kier alpha value is -0.570. The first-order valence-electron chi connectivity index (χ1n) is 3.68. The first-order valence-corrected chi connectivity index (χ1v) is 3.68. The second-order valence-electron chi connectivity index (χ2n) is 2.69. The molecule has 2 atom stereocenters. The Labute approximate surface area is 60.5 Å². The van der Waals surface area contributed by atoms with Crippen LogP contribution in [0, 0.1) is 5.92 Å². The van der Waals surface area contributed by atoms with Gasteiger partial charge in [0.25, 0.3) is 0 Å². The molecular weight excluding hydrogens is 130 g/mol. The van der Waals surface area contributed by atoms with Crippen molar-refractivity contribution in [3.05, 3.63) is 0 Å². The lowest BCUT2D eigenvalue weighted by Crippen LogP contribution is -2.29. The summed E-state index contributed by atoms with van der Waals surface area (Å²) in [5, 5.41) is 0. The Balaban J connectivity index is 2.46. The molecule has 1 aliphatic heterocycles. The van der Waals surface area contributed by atoms with Gasteiger partial charge < -0.3 is 10.5 Å². The SMILES string of the molecule is CCCC1C(=O)OCC1N. The van der Waals surface area contributed by atoms with Gasteiger partial charge >= 0.3 is 5.97 Å². The molecule has 0 aromatic carbocycles. The largest absolute Gasteiger partial charge is 0.464 e. The van der Waals surface area contributed by atoms with E-state index in [1.807, 2.05) is 6.92 Å². The van der Waals surface area contributed by atoms with Crippen molar-refractivity contribution in [2.45, 2.75) is 25.8 Å². The smallest absolute Gasteiger partial charge is 0.310 e. The normalized spacial score (nSPS) is 32.4. The zero-order valence-electron chi connectivity index (χ0n) is 6.17. The molecule has 0 amide bonds. The van der Waals surface area contributed by atoms with E-state index >= 15 is 0 Å². The topological polar surface area (TPSA) is 52.3 Å². The van der Waals surface area contributed by atoms with Crippen molar-refractivity contribution < 1.29 is 9.53 Å². The van der Waals surface area contributed by atoms with Crippen LogP contribution < -0.4 is 5.73 Å². The lowest BCUT2D eigenvalue weighted by Gasteiger charge is -2.06. The van der Waals surface area contributed by atoms with Gasteiger partial charge in [0.2, 0.25) is 0 Å². The number of hydrogen-bond acceptors (Lipinski definition) is 3. The molecule has 0 spiro atoms. The minimum Gasteiger partial charge on any atom is -0.464 e. The Morgan fingerprint density at radius 1 is 1.80 bits per heavy atom. The molecule has 0 saturated carbocycles. The minimum absolute atomic E-state index is 0.0370. The second kappa shape index (κ2) is 3.01. The molecule has 0 bridgehead atoms. The van der Waals surface area contributed by atoms with Crippen LogP contribution in [0.5, 0.6) is 0 Å². The summed E-state index contributed by atoms with van der Waals surface area (Å²) < 4.78 is 4.77. The molecular formula is C7H13NO2. The summed E-state index contributed by atoms with van der Waals surface area (Å²) in [5.74, 6) is -0.153. The highest BCUT2D eigenvalue weighted by molar-refractivity contribution is 5.75. The van der Waals surface area contributed by atoms with Crippen LogP contribution in [0.4, 0.5) is 0 Å². The molecule has 0 aromatic heterocycles. The monoisotopic (exact) mass is 143 g/mol. The first-order chi connectivity index (χ1) is 4.75. The number of rotatable bonds is 2. The van der Waals surface area contributed by atoms with Gasteiger partial charge in [0.15, 0.2) is 0 Å². The molecule has 0 aliphatic carbocycles. The molecule has 2 N–H and O–H groups in total. The average Bonchev–Trinajstić information content (AvgIpc) is 2.20. The van der Waals surface area contributed by atoms with Crippen molar-refractivity contribution in [1.29, 1.82) is 0 Å². The Morgan fingerprint density at radius 3 is 2.90 bits per heavy atom. The second-order valence-corrected chi connectivity index (χ2v) is 2.69. The molecule has 0 radical (unpaired) electrons. The predicted molar refractivity (Wildman–Crippen MR) is 37.3 cm³/mol. The Bertz CT molecular complexity index is 136. The van der Waals surface area contributed by atoms with Crippen molar-refractivity contribution in [3.8, 4) is 0 Å². The summed E-state index contributed by atoms with van der Waals surface area (Å²) in [4.78, 5) is 10.9. The number of nitrogens with two attached hydrogens (primary N) is 1. The number of esters is 1. The van der Waals surface area contributed by atoms with Gasteiger partial charge in [-0.2, -0.15) is 0 Å². The molecule has 1 heterocycles. The number of hydrogen-bond donors (Lipinski definition) is 1. The maximum Gasteiger partial charge on any atom is 0.310 e. The molecule has 1 aliphatic rings. The van der Waals surface area contributed by atoms with Gasteiger partial charge in [0.05, 0.1) is 12.0 Å². The summed E-state index contributed by atoms with van der Waals surface area (Å²) in [6.45, 7) is 2.45. The van der Waals surface area contributed by atoms with Crippen LogP contribution in [0.1, 0.15) is 19.8 Å². The summed E-state index contributed by atoms with van der Waals surface area (Å²) in [7, 11) is 0. The molecule has 1 saturated heterocycles. The van der Waals surface area contributed by atoms with Crippen molar-refractivity contribution >= 4 is 5.97 Å². The van der Waals surface area contributed by atoms with E-state index in [1.165, 1.54) is 0 Å². The van der Waals surface area contributed by atoms with Crippen LogP contribution in [0.25, 0.3) is 0 Å². The molecule has 0 aromatic rings. The van der Waals surface area contributed by atoms with E-state index in [0.29, 0.717) is 6.61 Å². The number of carbonyl (C=O) groups is 1. The highest BCUT2D eigenvalue weighted by atomic mass is 16.5. The van der Waals surface area contributed by atoms with E-state index in [0.717, 1.165) is 12.8 Å². The van der Waals surface area contributed by atoms with Crippen LogP contribution in [-0.4, -0.2) is 18.6 Å². The number of carbonyl (C=O) groups excluding carboxylic acids is 1. The lowest BCUT2D eigenvalue weighted by molar-refractivity contribution is -0.141. The minimum atomic E-state index is -0.116. The maximum atomic E-state index is 10.9. The summed E-state index contributed by atoms with van der Waals surface area (Å²) in [5.41, 5.74) is 5.61. The fourth-order valence-corrected chi connectivity index (χ4v) is 1.22. The standard InChI is InChI=1S/C7H13NO2/c1-2-3-5-6(8)4-10-7(5)9/h5-6H,2-4,8H2,1H3. The van der Waals surface area contributed by atoms with Crippen LogP contribution >= 0.6 is 0 Å². The van der Waals surface area contributed by atoms with Gasteiger partial charge in [-0.1, -0.05) is 13.3 Å². The summed E-state index contributed by atoms with van der Waals surface area (Å²) in [6.07, 6.45) is 1.85. The lowest BCUT2D eigenvalue weighted by atomic mass is 9.99. The quantitative estimate of drug-likeness (QED) is 0.565. The van der Waals surface area contributed by atoms with E-state index in [4.69, 9.17) is 10.5 Å². The van der Waals surface area contributed by atoms with Crippen LogP contribution in [0.3, 0.4) is 0 Å². The molecule has 1 fully saturated rings. The maximum absolute atomic E-state index is 10.9. The third kappa shape index (κ3) is 1.29. The molecule has 3 nitrogen and oxygen atoms in total. The van der Waals surface area contributed by atoms with E-state index < -0.39 is 0 Å². The molecule has 2 unspecified atom stereocenters.